The van der Waals surface area contributed by atoms with Gasteiger partial charge in [0.25, 0.3) is 0 Å². The molecular formula is C19H15ClF2N4O2S. The quantitative estimate of drug-likeness (QED) is 0.529. The van der Waals surface area contributed by atoms with E-state index in [9.17, 15) is 18.4 Å². The van der Waals surface area contributed by atoms with Crippen molar-refractivity contribution in [2.24, 2.45) is 0 Å². The van der Waals surface area contributed by atoms with Crippen LogP contribution in [0.4, 0.5) is 24.4 Å². The number of nitrogens with one attached hydrogen (secondary N) is 3. The maximum Gasteiger partial charge on any atom is 0.325 e. The Morgan fingerprint density at radius 2 is 1.79 bits per heavy atom. The molecule has 0 radical (unpaired) electrons. The van der Waals surface area contributed by atoms with Gasteiger partial charge in [-0.15, -0.1) is 11.3 Å². The first-order valence-electron chi connectivity index (χ1n) is 8.38. The van der Waals surface area contributed by atoms with Crippen LogP contribution in [0.5, 0.6) is 0 Å². The summed E-state index contributed by atoms with van der Waals surface area (Å²) < 4.78 is 27.2. The topological polar surface area (TPSA) is 83.1 Å². The van der Waals surface area contributed by atoms with Gasteiger partial charge in [0.15, 0.2) is 5.13 Å². The number of thiazole rings is 1. The lowest BCUT2D eigenvalue weighted by atomic mass is 10.2. The minimum Gasteiger partial charge on any atom is -0.351 e. The lowest BCUT2D eigenvalue weighted by molar-refractivity contribution is -0.120. The molecule has 0 bridgehead atoms. The molecule has 0 unspecified atom stereocenters. The Morgan fingerprint density at radius 3 is 2.52 bits per heavy atom. The zero-order valence-electron chi connectivity index (χ0n) is 14.8. The highest BCUT2D eigenvalue weighted by atomic mass is 35.5. The van der Waals surface area contributed by atoms with Crippen LogP contribution in [0.2, 0.25) is 5.02 Å². The number of carbonyl (C=O) groups is 2. The molecule has 3 N–H and O–H groups in total. The number of amides is 3. The fourth-order valence-electron chi connectivity index (χ4n) is 2.39. The van der Waals surface area contributed by atoms with Gasteiger partial charge in [0.2, 0.25) is 5.91 Å². The van der Waals surface area contributed by atoms with Crippen LogP contribution in [0.25, 0.3) is 0 Å². The van der Waals surface area contributed by atoms with E-state index in [4.69, 9.17) is 11.6 Å². The first-order chi connectivity index (χ1) is 13.9. The molecule has 0 aliphatic heterocycles. The van der Waals surface area contributed by atoms with E-state index < -0.39 is 23.6 Å². The summed E-state index contributed by atoms with van der Waals surface area (Å²) in [5.74, 6) is -1.90. The average Bonchev–Trinajstić information content (AvgIpc) is 3.07. The van der Waals surface area contributed by atoms with Gasteiger partial charge in [0.05, 0.1) is 12.1 Å². The van der Waals surface area contributed by atoms with Crippen LogP contribution in [-0.2, 0) is 17.8 Å². The van der Waals surface area contributed by atoms with Gasteiger partial charge >= 0.3 is 6.03 Å². The molecule has 0 atom stereocenters. The van der Waals surface area contributed by atoms with Crippen LogP contribution < -0.4 is 16.0 Å². The zero-order valence-corrected chi connectivity index (χ0v) is 16.4. The van der Waals surface area contributed by atoms with Crippen molar-refractivity contribution in [3.63, 3.8) is 0 Å². The summed E-state index contributed by atoms with van der Waals surface area (Å²) in [5.41, 5.74) is 0.727. The largest absolute Gasteiger partial charge is 0.351 e. The third-order valence-corrected chi connectivity index (χ3v) is 4.76. The normalized spacial score (nSPS) is 10.4. The Labute approximate surface area is 173 Å². The molecule has 1 heterocycles. The van der Waals surface area contributed by atoms with Gasteiger partial charge in [0, 0.05) is 28.2 Å². The van der Waals surface area contributed by atoms with Gasteiger partial charge in [-0.3, -0.25) is 10.1 Å². The van der Waals surface area contributed by atoms with Crippen molar-refractivity contribution in [3.05, 3.63) is 75.8 Å². The van der Waals surface area contributed by atoms with Crippen LogP contribution in [0.15, 0.2) is 47.8 Å². The smallest absolute Gasteiger partial charge is 0.325 e. The van der Waals surface area contributed by atoms with E-state index in [-0.39, 0.29) is 18.5 Å². The van der Waals surface area contributed by atoms with Gasteiger partial charge in [0.1, 0.15) is 11.6 Å². The van der Waals surface area contributed by atoms with Crippen LogP contribution in [-0.4, -0.2) is 16.9 Å². The molecule has 3 aromatic rings. The average molecular weight is 437 g/mol. The molecule has 1 aromatic heterocycles. The van der Waals surface area contributed by atoms with Crippen molar-refractivity contribution in [3.8, 4) is 0 Å². The molecule has 0 aliphatic carbocycles. The molecule has 150 valence electrons. The Balaban J connectivity index is 1.50. The predicted molar refractivity (Wildman–Crippen MR) is 108 cm³/mol. The fourth-order valence-corrected chi connectivity index (χ4v) is 3.28. The van der Waals surface area contributed by atoms with Crippen LogP contribution in [0.3, 0.4) is 0 Å². The number of hydrogen-bond acceptors (Lipinski definition) is 4. The standard InChI is InChI=1S/C19H15ClF2N4O2S/c20-11-3-1-4-12(7-11)24-18(28)26-19-25-13(10-29-19)8-17(27)23-9-14-15(21)5-2-6-16(14)22/h1-7,10H,8-9H2,(H,23,27)(H2,24,25,26,28). The number of hydrogen-bond donors (Lipinski definition) is 3. The van der Waals surface area contributed by atoms with Crippen LogP contribution in [0, 0.1) is 11.6 Å². The summed E-state index contributed by atoms with van der Waals surface area (Å²) >= 11 is 7.00. The number of rotatable bonds is 6. The first kappa shape index (κ1) is 20.7. The third kappa shape index (κ3) is 5.97. The molecule has 0 fully saturated rings. The Kier molecular flexibility index (Phi) is 6.73. The number of benzene rings is 2. The lowest BCUT2D eigenvalue weighted by Gasteiger charge is -2.07. The summed E-state index contributed by atoms with van der Waals surface area (Å²) in [7, 11) is 0. The van der Waals surface area contributed by atoms with E-state index in [1.807, 2.05) is 0 Å². The fraction of sp³-hybridized carbons (Fsp3) is 0.105. The van der Waals surface area contributed by atoms with E-state index in [1.165, 1.54) is 6.07 Å². The van der Waals surface area contributed by atoms with E-state index in [0.717, 1.165) is 23.5 Å². The Morgan fingerprint density at radius 1 is 1.07 bits per heavy atom. The highest BCUT2D eigenvalue weighted by molar-refractivity contribution is 7.14. The molecule has 6 nitrogen and oxygen atoms in total. The van der Waals surface area contributed by atoms with E-state index in [2.05, 4.69) is 20.9 Å². The minimum atomic E-state index is -0.726. The summed E-state index contributed by atoms with van der Waals surface area (Å²) in [4.78, 5) is 28.2. The molecule has 3 amide bonds. The molecule has 3 rings (SSSR count). The summed E-state index contributed by atoms with van der Waals surface area (Å²) in [5, 5.41) is 10.0. The molecular weight excluding hydrogens is 422 g/mol. The van der Waals surface area contributed by atoms with Gasteiger partial charge in [-0.2, -0.15) is 0 Å². The maximum absolute atomic E-state index is 13.6. The van der Waals surface area contributed by atoms with E-state index >= 15 is 0 Å². The summed E-state index contributed by atoms with van der Waals surface area (Å²) in [6.07, 6.45) is -0.0931. The van der Waals surface area contributed by atoms with Crippen molar-refractivity contribution >= 4 is 45.7 Å². The summed E-state index contributed by atoms with van der Waals surface area (Å²) in [6, 6.07) is 9.65. The molecule has 0 aliphatic rings. The number of aromatic nitrogens is 1. The predicted octanol–water partition coefficient (Wildman–Crippen LogP) is 4.58. The maximum atomic E-state index is 13.6. The Bertz CT molecular complexity index is 1020. The number of halogens is 3. The zero-order chi connectivity index (χ0) is 20.8. The lowest BCUT2D eigenvalue weighted by Crippen LogP contribution is -2.25. The molecule has 10 heteroatoms. The number of carbonyl (C=O) groups excluding carboxylic acids is 2. The molecule has 0 spiro atoms. The second-order valence-corrected chi connectivity index (χ2v) is 7.18. The van der Waals surface area contributed by atoms with Gasteiger partial charge in [-0.1, -0.05) is 23.7 Å². The van der Waals surface area contributed by atoms with Crippen molar-refractivity contribution < 1.29 is 18.4 Å². The molecule has 29 heavy (non-hydrogen) atoms. The minimum absolute atomic E-state index is 0.0931. The SMILES string of the molecule is O=C(Cc1csc(NC(=O)Nc2cccc(Cl)c2)n1)NCc1c(F)cccc1F. The van der Waals surface area contributed by atoms with Crippen molar-refractivity contribution in [2.45, 2.75) is 13.0 Å². The first-order valence-corrected chi connectivity index (χ1v) is 9.64. The molecule has 0 saturated heterocycles. The summed E-state index contributed by atoms with van der Waals surface area (Å²) in [6.45, 7) is -0.269. The second kappa shape index (κ2) is 9.44. The van der Waals surface area contributed by atoms with Crippen LogP contribution >= 0.6 is 22.9 Å². The van der Waals surface area contributed by atoms with Crippen LogP contribution in [0.1, 0.15) is 11.3 Å². The monoisotopic (exact) mass is 436 g/mol. The number of anilines is 2. The van der Waals surface area contributed by atoms with Crippen molar-refractivity contribution in [1.82, 2.24) is 10.3 Å². The van der Waals surface area contributed by atoms with Crippen molar-refractivity contribution in [1.29, 1.82) is 0 Å². The van der Waals surface area contributed by atoms with Gasteiger partial charge in [-0.05, 0) is 30.3 Å². The van der Waals surface area contributed by atoms with E-state index in [0.29, 0.717) is 21.5 Å². The number of urea groups is 1. The van der Waals surface area contributed by atoms with E-state index in [1.54, 1.807) is 29.6 Å². The molecule has 0 saturated carbocycles. The third-order valence-electron chi connectivity index (χ3n) is 3.72. The second-order valence-electron chi connectivity index (χ2n) is 5.89. The highest BCUT2D eigenvalue weighted by Gasteiger charge is 2.13. The Hall–Kier alpha value is -3.04. The van der Waals surface area contributed by atoms with Gasteiger partial charge in [-0.25, -0.2) is 18.6 Å². The molecule has 2 aromatic carbocycles. The highest BCUT2D eigenvalue weighted by Crippen LogP contribution is 2.18. The van der Waals surface area contributed by atoms with Gasteiger partial charge < -0.3 is 10.6 Å². The number of nitrogens with zero attached hydrogens (tertiary/aromatic N) is 1. The van der Waals surface area contributed by atoms with Crippen molar-refractivity contribution in [2.75, 3.05) is 10.6 Å².